The second kappa shape index (κ2) is 12.3. The topological polar surface area (TPSA) is 141 Å². The number of halogens is 3. The first-order valence-electron chi connectivity index (χ1n) is 11.0. The summed E-state index contributed by atoms with van der Waals surface area (Å²) in [5.74, 6) is -2.34. The van der Waals surface area contributed by atoms with Crippen molar-refractivity contribution in [3.8, 4) is 11.5 Å². The molecular formula is C24H19F3N3NaO7S2. The number of carboxylic acids is 1. The Hall–Kier alpha value is -2.98. The van der Waals surface area contributed by atoms with E-state index in [2.05, 4.69) is 9.97 Å². The summed E-state index contributed by atoms with van der Waals surface area (Å²) in [6.07, 6.45) is -3.39. The largest absolute Gasteiger partial charge is 1.00 e. The number of carboxylic acid groups (broad SMARTS) is 1. The molecule has 16 heteroatoms. The van der Waals surface area contributed by atoms with Crippen LogP contribution in [0.2, 0.25) is 0 Å². The molecule has 206 valence electrons. The molecule has 0 bridgehead atoms. The number of benzene rings is 2. The Kier molecular flexibility index (Phi) is 9.67. The molecule has 40 heavy (non-hydrogen) atoms. The average Bonchev–Trinajstić information content (AvgIpc) is 3.29. The molecule has 0 N–H and O–H groups in total. The van der Waals surface area contributed by atoms with Crippen molar-refractivity contribution >= 4 is 37.8 Å². The van der Waals surface area contributed by atoms with Crippen LogP contribution in [0.3, 0.4) is 0 Å². The van der Waals surface area contributed by atoms with E-state index in [-0.39, 0.29) is 63.3 Å². The van der Waals surface area contributed by atoms with Gasteiger partial charge in [0.2, 0.25) is 5.16 Å². The standard InChI is InChI=1S/C24H20F3N3O7S2.Na/c1-14-17(28-10-9-19(14)37-13-24(25,26)27)12-38(33)23-29-16-5-3-4-6-18(16)30(23)39(34,35)21-11-15(22(31)32)7-8-20(21)36-2;/h3-11H,12-13H2,1-2H3,(H,31,32);/q;+1/p-1. The van der Waals surface area contributed by atoms with Crippen molar-refractivity contribution < 1.29 is 74.7 Å². The van der Waals surface area contributed by atoms with Crippen LogP contribution in [0, 0.1) is 6.92 Å². The van der Waals surface area contributed by atoms with Crippen LogP contribution in [-0.4, -0.2) is 52.4 Å². The van der Waals surface area contributed by atoms with Gasteiger partial charge >= 0.3 is 35.7 Å². The number of para-hydroxylation sites is 2. The molecular weight excluding hydrogens is 586 g/mol. The predicted octanol–water partition coefficient (Wildman–Crippen LogP) is -0.398. The number of aromatic carboxylic acids is 1. The quantitative estimate of drug-likeness (QED) is 0.233. The molecule has 0 radical (unpaired) electrons. The minimum absolute atomic E-state index is 0. The molecule has 0 amide bonds. The summed E-state index contributed by atoms with van der Waals surface area (Å²) in [4.78, 5) is 19.2. The monoisotopic (exact) mass is 605 g/mol. The maximum atomic E-state index is 13.9. The first-order chi connectivity index (χ1) is 18.3. The number of methoxy groups -OCH3 is 1. The smallest absolute Gasteiger partial charge is 0.545 e. The molecule has 1 unspecified atom stereocenters. The van der Waals surface area contributed by atoms with Gasteiger partial charge in [0.25, 0.3) is 10.0 Å². The van der Waals surface area contributed by atoms with Crippen molar-refractivity contribution in [2.45, 2.75) is 28.9 Å². The van der Waals surface area contributed by atoms with Gasteiger partial charge < -0.3 is 19.4 Å². The van der Waals surface area contributed by atoms with Crippen LogP contribution in [0.1, 0.15) is 21.6 Å². The number of ether oxygens (including phenoxy) is 2. The molecule has 4 aromatic rings. The Morgan fingerprint density at radius 1 is 1.12 bits per heavy atom. The summed E-state index contributed by atoms with van der Waals surface area (Å²) in [6, 6.07) is 10.4. The van der Waals surface area contributed by atoms with E-state index in [0.29, 0.717) is 3.97 Å². The van der Waals surface area contributed by atoms with Crippen LogP contribution in [0.5, 0.6) is 11.5 Å². The maximum Gasteiger partial charge on any atom is 1.00 e. The van der Waals surface area contributed by atoms with E-state index in [1.54, 1.807) is 6.07 Å². The van der Waals surface area contributed by atoms with Gasteiger partial charge in [-0.3, -0.25) is 9.19 Å². The Morgan fingerprint density at radius 2 is 1.82 bits per heavy atom. The molecule has 10 nitrogen and oxygen atoms in total. The molecule has 0 fully saturated rings. The number of hydrogen-bond acceptors (Lipinski definition) is 9. The molecule has 1 atom stereocenters. The molecule has 0 aliphatic rings. The predicted molar refractivity (Wildman–Crippen MR) is 130 cm³/mol. The van der Waals surface area contributed by atoms with E-state index in [1.807, 2.05) is 0 Å². The molecule has 0 aliphatic carbocycles. The van der Waals surface area contributed by atoms with E-state index in [9.17, 15) is 35.7 Å². The minimum Gasteiger partial charge on any atom is -0.545 e. The SMILES string of the molecule is COc1ccc(C(=O)[O-])cc1S(=O)(=O)n1c(S(=O)Cc2nccc(OCC(F)(F)F)c2C)nc2ccccc21.[Na+]. The molecule has 4 rings (SSSR count). The molecule has 2 aromatic heterocycles. The maximum absolute atomic E-state index is 13.9. The van der Waals surface area contributed by atoms with E-state index < -0.39 is 60.9 Å². The minimum atomic E-state index is -4.66. The van der Waals surface area contributed by atoms with Crippen LogP contribution in [-0.2, 0) is 26.6 Å². The first kappa shape index (κ1) is 31.5. The third kappa shape index (κ3) is 6.49. The van der Waals surface area contributed by atoms with Crippen molar-refractivity contribution in [1.82, 2.24) is 13.9 Å². The number of aromatic nitrogens is 3. The summed E-state index contributed by atoms with van der Waals surface area (Å²) in [5.41, 5.74) is 0.0709. The number of nitrogens with zero attached hydrogens (tertiary/aromatic N) is 3. The third-order valence-electron chi connectivity index (χ3n) is 5.53. The first-order valence-corrected chi connectivity index (χ1v) is 13.7. The van der Waals surface area contributed by atoms with Crippen molar-refractivity contribution in [1.29, 1.82) is 0 Å². The number of pyridine rings is 1. The van der Waals surface area contributed by atoms with Crippen molar-refractivity contribution in [2.24, 2.45) is 0 Å². The van der Waals surface area contributed by atoms with Crippen LogP contribution in [0.15, 0.2) is 64.8 Å². The zero-order chi connectivity index (χ0) is 28.5. The van der Waals surface area contributed by atoms with Crippen molar-refractivity contribution in [3.05, 3.63) is 71.5 Å². The molecule has 2 heterocycles. The van der Waals surface area contributed by atoms with Gasteiger partial charge in [0.05, 0.1) is 46.4 Å². The normalized spacial score (nSPS) is 12.5. The fourth-order valence-corrected chi connectivity index (χ4v) is 6.90. The Bertz CT molecular complexity index is 1710. The number of hydrogen-bond donors (Lipinski definition) is 0. The van der Waals surface area contributed by atoms with Gasteiger partial charge in [-0.25, -0.2) is 17.4 Å². The molecule has 0 spiro atoms. The molecule has 2 aromatic carbocycles. The second-order valence-electron chi connectivity index (χ2n) is 8.08. The van der Waals surface area contributed by atoms with Gasteiger partial charge in [0.1, 0.15) is 16.4 Å². The van der Waals surface area contributed by atoms with Gasteiger partial charge in [-0.1, -0.05) is 12.1 Å². The van der Waals surface area contributed by atoms with Crippen LogP contribution < -0.4 is 44.1 Å². The Balaban J connectivity index is 0.00000441. The molecule has 0 aliphatic heterocycles. The van der Waals surface area contributed by atoms with Crippen LogP contribution >= 0.6 is 0 Å². The summed E-state index contributed by atoms with van der Waals surface area (Å²) in [5, 5.41) is 11.0. The van der Waals surface area contributed by atoms with Gasteiger partial charge in [-0.2, -0.15) is 13.2 Å². The van der Waals surface area contributed by atoms with E-state index >= 15 is 0 Å². The Morgan fingerprint density at radius 3 is 2.48 bits per heavy atom. The van der Waals surface area contributed by atoms with E-state index in [4.69, 9.17) is 9.47 Å². The van der Waals surface area contributed by atoms with Gasteiger partial charge in [0.15, 0.2) is 6.61 Å². The van der Waals surface area contributed by atoms with Gasteiger partial charge in [-0.05, 0) is 48.9 Å². The number of carbonyl (C=O) groups excluding carboxylic acids is 1. The zero-order valence-electron chi connectivity index (χ0n) is 21.3. The average molecular weight is 606 g/mol. The fraction of sp³-hybridized carbons (Fsp3) is 0.208. The summed E-state index contributed by atoms with van der Waals surface area (Å²) in [6.45, 7) is -0.109. The number of alkyl halides is 3. The van der Waals surface area contributed by atoms with E-state index in [0.717, 1.165) is 18.2 Å². The molecule has 0 saturated carbocycles. The number of imidazole rings is 1. The fourth-order valence-electron chi connectivity index (χ4n) is 3.67. The summed E-state index contributed by atoms with van der Waals surface area (Å²) < 4.78 is 89.9. The molecule has 0 saturated heterocycles. The van der Waals surface area contributed by atoms with Crippen LogP contribution in [0.25, 0.3) is 11.0 Å². The van der Waals surface area contributed by atoms with E-state index in [1.165, 1.54) is 44.5 Å². The zero-order valence-corrected chi connectivity index (χ0v) is 24.9. The van der Waals surface area contributed by atoms with Gasteiger partial charge in [0, 0.05) is 11.8 Å². The van der Waals surface area contributed by atoms with Gasteiger partial charge in [-0.15, -0.1) is 0 Å². The number of carbonyl (C=O) groups is 1. The summed E-state index contributed by atoms with van der Waals surface area (Å²) in [7, 11) is -5.66. The number of rotatable bonds is 9. The summed E-state index contributed by atoms with van der Waals surface area (Å²) >= 11 is 0. The second-order valence-corrected chi connectivity index (χ2v) is 11.2. The van der Waals surface area contributed by atoms with Crippen molar-refractivity contribution in [2.75, 3.05) is 13.7 Å². The Labute approximate surface area is 251 Å². The number of fused-ring (bicyclic) bond motifs is 1. The van der Waals surface area contributed by atoms with Crippen LogP contribution in [0.4, 0.5) is 13.2 Å². The third-order valence-corrected chi connectivity index (χ3v) is 8.59. The van der Waals surface area contributed by atoms with Crippen molar-refractivity contribution in [3.63, 3.8) is 0 Å².